The van der Waals surface area contributed by atoms with Gasteiger partial charge in [-0.15, -0.1) is 0 Å². The molecular formula is C17H23NO3. The Bertz CT molecular complexity index is 509. The van der Waals surface area contributed by atoms with Crippen LogP contribution in [0.1, 0.15) is 29.5 Å². The van der Waals surface area contributed by atoms with Gasteiger partial charge in [0, 0.05) is 19.1 Å². The molecule has 1 unspecified atom stereocenters. The van der Waals surface area contributed by atoms with Crippen molar-refractivity contribution in [2.75, 3.05) is 26.3 Å². The molecule has 0 aromatic heterocycles. The van der Waals surface area contributed by atoms with Crippen LogP contribution in [-0.2, 0) is 28.8 Å². The van der Waals surface area contributed by atoms with Crippen molar-refractivity contribution in [1.82, 2.24) is 4.90 Å². The van der Waals surface area contributed by atoms with Gasteiger partial charge in [-0.3, -0.25) is 9.69 Å². The average Bonchev–Trinajstić information content (AvgIpc) is 2.94. The van der Waals surface area contributed by atoms with Gasteiger partial charge in [-0.1, -0.05) is 18.2 Å². The van der Waals surface area contributed by atoms with Crippen molar-refractivity contribution in [2.24, 2.45) is 0 Å². The van der Waals surface area contributed by atoms with E-state index in [1.165, 1.54) is 36.0 Å². The van der Waals surface area contributed by atoms with Crippen molar-refractivity contribution >= 4 is 5.97 Å². The molecule has 4 heteroatoms. The van der Waals surface area contributed by atoms with Gasteiger partial charge in [0.2, 0.25) is 0 Å². The van der Waals surface area contributed by atoms with Crippen molar-refractivity contribution in [1.29, 1.82) is 0 Å². The molecule has 4 nitrogen and oxygen atoms in total. The summed E-state index contributed by atoms with van der Waals surface area (Å²) in [5.41, 5.74) is 4.21. The number of benzene rings is 1. The average molecular weight is 289 g/mol. The number of rotatable bonds is 5. The van der Waals surface area contributed by atoms with Gasteiger partial charge in [-0.2, -0.15) is 0 Å². The second-order valence-electron chi connectivity index (χ2n) is 6.06. The summed E-state index contributed by atoms with van der Waals surface area (Å²) in [5.74, 6) is -0.715. The zero-order valence-corrected chi connectivity index (χ0v) is 12.4. The van der Waals surface area contributed by atoms with Gasteiger partial charge in [0.05, 0.1) is 19.6 Å². The summed E-state index contributed by atoms with van der Waals surface area (Å²) in [6, 6.07) is 6.78. The van der Waals surface area contributed by atoms with Gasteiger partial charge < -0.3 is 9.84 Å². The van der Waals surface area contributed by atoms with Gasteiger partial charge in [0.25, 0.3) is 0 Å². The third kappa shape index (κ3) is 3.63. The maximum absolute atomic E-state index is 11.2. The van der Waals surface area contributed by atoms with E-state index in [9.17, 15) is 9.90 Å². The number of nitrogens with zero attached hydrogens (tertiary/aromatic N) is 1. The van der Waals surface area contributed by atoms with E-state index in [-0.39, 0.29) is 12.5 Å². The first kappa shape index (κ1) is 14.5. The Morgan fingerprint density at radius 2 is 2.00 bits per heavy atom. The van der Waals surface area contributed by atoms with Crippen molar-refractivity contribution in [3.63, 3.8) is 0 Å². The summed E-state index contributed by atoms with van der Waals surface area (Å²) in [6.45, 7) is 3.09. The number of carboxylic acids is 1. The first-order valence-electron chi connectivity index (χ1n) is 7.86. The monoisotopic (exact) mass is 289 g/mol. The van der Waals surface area contributed by atoms with Crippen molar-refractivity contribution < 1.29 is 14.6 Å². The van der Waals surface area contributed by atoms with Crippen molar-refractivity contribution in [2.45, 2.75) is 38.1 Å². The molecule has 21 heavy (non-hydrogen) atoms. The second-order valence-corrected chi connectivity index (χ2v) is 6.06. The van der Waals surface area contributed by atoms with Crippen molar-refractivity contribution in [3.05, 3.63) is 34.9 Å². The number of fused-ring (bicyclic) bond motifs is 1. The lowest BCUT2D eigenvalue weighted by Gasteiger charge is -2.34. The van der Waals surface area contributed by atoms with E-state index in [4.69, 9.17) is 4.74 Å². The number of aliphatic carboxylic acids is 1. The van der Waals surface area contributed by atoms with Crippen LogP contribution in [0, 0.1) is 0 Å². The van der Waals surface area contributed by atoms with Crippen LogP contribution in [0.15, 0.2) is 18.2 Å². The Balaban J connectivity index is 1.72. The highest BCUT2D eigenvalue weighted by molar-refractivity contribution is 5.67. The van der Waals surface area contributed by atoms with Crippen LogP contribution in [0.2, 0.25) is 0 Å². The summed E-state index contributed by atoms with van der Waals surface area (Å²) >= 11 is 0. The molecule has 3 rings (SSSR count). The molecule has 0 radical (unpaired) electrons. The molecule has 1 N–H and O–H groups in total. The molecule has 1 atom stereocenters. The summed E-state index contributed by atoms with van der Waals surface area (Å²) in [5, 5.41) is 9.19. The number of morpholine rings is 1. The quantitative estimate of drug-likeness (QED) is 0.899. The lowest BCUT2D eigenvalue weighted by molar-refractivity contribution is -0.138. The standard InChI is InChI=1S/C17H23NO3/c19-17(20)12-16(18-6-8-21-9-7-18)11-13-4-5-14-2-1-3-15(14)10-13/h4-5,10,16H,1-3,6-9,11-12H2,(H,19,20). The molecule has 0 bridgehead atoms. The van der Waals surface area contributed by atoms with Crippen LogP contribution in [0.25, 0.3) is 0 Å². The van der Waals surface area contributed by atoms with E-state index in [1.54, 1.807) is 0 Å². The fraction of sp³-hybridized carbons (Fsp3) is 0.588. The minimum Gasteiger partial charge on any atom is -0.481 e. The minimum atomic E-state index is -0.715. The topological polar surface area (TPSA) is 49.8 Å². The third-order valence-corrected chi connectivity index (χ3v) is 4.61. The molecule has 1 heterocycles. The summed E-state index contributed by atoms with van der Waals surface area (Å²) in [4.78, 5) is 13.4. The molecule has 0 saturated carbocycles. The maximum atomic E-state index is 11.2. The number of ether oxygens (including phenoxy) is 1. The molecule has 2 aliphatic rings. The van der Waals surface area contributed by atoms with E-state index in [1.807, 2.05) is 0 Å². The van der Waals surface area contributed by atoms with Gasteiger partial charge in [-0.25, -0.2) is 0 Å². The molecule has 114 valence electrons. The maximum Gasteiger partial charge on any atom is 0.304 e. The van der Waals surface area contributed by atoms with Crippen molar-refractivity contribution in [3.8, 4) is 0 Å². The fourth-order valence-electron chi connectivity index (χ4n) is 3.50. The Kier molecular flexibility index (Phi) is 4.56. The minimum absolute atomic E-state index is 0.0749. The Labute approximate surface area is 125 Å². The van der Waals surface area contributed by atoms with Crippen LogP contribution in [0.4, 0.5) is 0 Å². The number of carbonyl (C=O) groups is 1. The lowest BCUT2D eigenvalue weighted by Crippen LogP contribution is -2.45. The Morgan fingerprint density at radius 1 is 1.24 bits per heavy atom. The Hall–Kier alpha value is -1.39. The molecule has 1 aromatic carbocycles. The van der Waals surface area contributed by atoms with Crippen LogP contribution >= 0.6 is 0 Å². The van der Waals surface area contributed by atoms with Gasteiger partial charge in [0.1, 0.15) is 0 Å². The number of carboxylic acid groups (broad SMARTS) is 1. The molecule has 1 aliphatic carbocycles. The predicted octanol–water partition coefficient (Wildman–Crippen LogP) is 1.89. The van der Waals surface area contributed by atoms with Gasteiger partial charge in [-0.05, 0) is 42.4 Å². The zero-order chi connectivity index (χ0) is 14.7. The highest BCUT2D eigenvalue weighted by Gasteiger charge is 2.24. The van der Waals surface area contributed by atoms with Crippen LogP contribution < -0.4 is 0 Å². The second kappa shape index (κ2) is 6.58. The summed E-state index contributed by atoms with van der Waals surface area (Å²) in [7, 11) is 0. The van der Waals surface area contributed by atoms with E-state index < -0.39 is 5.97 Å². The molecule has 1 aromatic rings. The number of hydrogen-bond donors (Lipinski definition) is 1. The zero-order valence-electron chi connectivity index (χ0n) is 12.4. The van der Waals surface area contributed by atoms with Crippen LogP contribution in [0.5, 0.6) is 0 Å². The lowest BCUT2D eigenvalue weighted by atomic mass is 9.98. The molecule has 0 amide bonds. The fourth-order valence-corrected chi connectivity index (χ4v) is 3.50. The van der Waals surface area contributed by atoms with E-state index >= 15 is 0 Å². The van der Waals surface area contributed by atoms with Gasteiger partial charge in [0.15, 0.2) is 0 Å². The molecule has 1 saturated heterocycles. The predicted molar refractivity (Wildman–Crippen MR) is 80.6 cm³/mol. The summed E-state index contributed by atoms with van der Waals surface area (Å²) in [6.07, 6.45) is 4.64. The third-order valence-electron chi connectivity index (χ3n) is 4.61. The normalized spacial score (nSPS) is 20.2. The highest BCUT2D eigenvalue weighted by Crippen LogP contribution is 2.24. The van der Waals surface area contributed by atoms with Gasteiger partial charge >= 0.3 is 5.97 Å². The van der Waals surface area contributed by atoms with Crippen LogP contribution in [0.3, 0.4) is 0 Å². The molecular weight excluding hydrogens is 266 g/mol. The van der Waals surface area contributed by atoms with E-state index in [0.29, 0.717) is 13.2 Å². The molecule has 1 fully saturated rings. The SMILES string of the molecule is O=C(O)CC(Cc1ccc2c(c1)CCC2)N1CCOCC1. The number of hydrogen-bond acceptors (Lipinski definition) is 3. The molecule has 1 aliphatic heterocycles. The number of aryl methyl sites for hydroxylation is 2. The smallest absolute Gasteiger partial charge is 0.304 e. The highest BCUT2D eigenvalue weighted by atomic mass is 16.5. The van der Waals surface area contributed by atoms with Crippen LogP contribution in [-0.4, -0.2) is 48.3 Å². The van der Waals surface area contributed by atoms with E-state index in [0.717, 1.165) is 19.5 Å². The first-order chi connectivity index (χ1) is 10.2. The molecule has 0 spiro atoms. The largest absolute Gasteiger partial charge is 0.481 e. The summed E-state index contributed by atoms with van der Waals surface area (Å²) < 4.78 is 5.38. The van der Waals surface area contributed by atoms with E-state index in [2.05, 4.69) is 23.1 Å². The first-order valence-corrected chi connectivity index (χ1v) is 7.86. The Morgan fingerprint density at radius 3 is 2.76 bits per heavy atom.